The topological polar surface area (TPSA) is 61.8 Å². The van der Waals surface area contributed by atoms with Crippen LogP contribution in [0.1, 0.15) is 51.0 Å². The van der Waals surface area contributed by atoms with Crippen LogP contribution in [0.15, 0.2) is 42.5 Å². The lowest BCUT2D eigenvalue weighted by molar-refractivity contribution is -0.120. The van der Waals surface area contributed by atoms with Crippen molar-refractivity contribution in [1.82, 2.24) is 10.2 Å². The van der Waals surface area contributed by atoms with Gasteiger partial charge in [0.2, 0.25) is 5.91 Å². The Balaban J connectivity index is 1.35. The Bertz CT molecular complexity index is 931. The number of nitrogens with zero attached hydrogens (tertiary/aromatic N) is 1. The van der Waals surface area contributed by atoms with E-state index in [9.17, 15) is 9.90 Å². The molecule has 2 saturated heterocycles. The fraction of sp³-hybridized carbons (Fsp3) is 0.500. The van der Waals surface area contributed by atoms with Gasteiger partial charge in [-0.2, -0.15) is 0 Å². The minimum atomic E-state index is -0.550. The largest absolute Gasteiger partial charge is 0.490 e. The number of likely N-dealkylation sites (tertiary alicyclic amines) is 1. The van der Waals surface area contributed by atoms with Crippen LogP contribution in [0.3, 0.4) is 0 Å². The first-order valence-electron chi connectivity index (χ1n) is 11.6. The van der Waals surface area contributed by atoms with Crippen LogP contribution in [-0.4, -0.2) is 53.8 Å². The third kappa shape index (κ3) is 5.28. The average Bonchev–Trinajstić information content (AvgIpc) is 3.15. The van der Waals surface area contributed by atoms with E-state index in [1.54, 1.807) is 0 Å². The van der Waals surface area contributed by atoms with Crippen LogP contribution in [0.25, 0.3) is 16.8 Å². The van der Waals surface area contributed by atoms with Crippen LogP contribution in [0.4, 0.5) is 0 Å². The van der Waals surface area contributed by atoms with E-state index in [1.165, 1.54) is 10.8 Å². The van der Waals surface area contributed by atoms with E-state index in [1.807, 2.05) is 18.2 Å². The Labute approximate surface area is 185 Å². The quantitative estimate of drug-likeness (QED) is 0.671. The molecule has 0 aromatic heterocycles. The van der Waals surface area contributed by atoms with Gasteiger partial charge in [-0.3, -0.25) is 4.79 Å². The van der Waals surface area contributed by atoms with Gasteiger partial charge in [0.1, 0.15) is 18.5 Å². The van der Waals surface area contributed by atoms with Crippen molar-refractivity contribution in [3.8, 4) is 5.75 Å². The second kappa shape index (κ2) is 9.84. The highest BCUT2D eigenvalue weighted by Gasteiger charge is 2.40. The van der Waals surface area contributed by atoms with Crippen LogP contribution in [0.2, 0.25) is 0 Å². The molecule has 31 heavy (non-hydrogen) atoms. The Morgan fingerprint density at radius 2 is 2.00 bits per heavy atom. The van der Waals surface area contributed by atoms with Crippen LogP contribution in [0.5, 0.6) is 5.75 Å². The van der Waals surface area contributed by atoms with Crippen molar-refractivity contribution < 1.29 is 14.6 Å². The van der Waals surface area contributed by atoms with Crippen molar-refractivity contribution in [3.05, 3.63) is 48.0 Å². The van der Waals surface area contributed by atoms with Gasteiger partial charge in [-0.1, -0.05) is 55.8 Å². The van der Waals surface area contributed by atoms with Crippen molar-refractivity contribution in [2.75, 3.05) is 26.2 Å². The molecule has 2 aliphatic rings. The summed E-state index contributed by atoms with van der Waals surface area (Å²) in [6, 6.07) is 12.4. The number of fused-ring (bicyclic) bond motifs is 1. The maximum atomic E-state index is 11.6. The summed E-state index contributed by atoms with van der Waals surface area (Å²) in [5, 5.41) is 16.2. The molecule has 5 heteroatoms. The van der Waals surface area contributed by atoms with Gasteiger partial charge in [0.25, 0.3) is 0 Å². The molecule has 0 saturated carbocycles. The molecule has 0 radical (unpaired) electrons. The van der Waals surface area contributed by atoms with E-state index in [0.29, 0.717) is 13.0 Å². The number of piperidine rings is 1. The summed E-state index contributed by atoms with van der Waals surface area (Å²) >= 11 is 0. The molecule has 2 aliphatic heterocycles. The fourth-order valence-corrected chi connectivity index (χ4v) is 4.79. The summed E-state index contributed by atoms with van der Waals surface area (Å²) in [6.07, 6.45) is 9.44. The number of amides is 1. The van der Waals surface area contributed by atoms with Gasteiger partial charge < -0.3 is 20.1 Å². The molecule has 2 aromatic carbocycles. The fourth-order valence-electron chi connectivity index (χ4n) is 4.79. The van der Waals surface area contributed by atoms with Crippen molar-refractivity contribution in [3.63, 3.8) is 0 Å². The molecule has 2 fully saturated rings. The van der Waals surface area contributed by atoms with Gasteiger partial charge >= 0.3 is 0 Å². The maximum Gasteiger partial charge on any atom is 0.220 e. The van der Waals surface area contributed by atoms with Crippen LogP contribution >= 0.6 is 0 Å². The van der Waals surface area contributed by atoms with E-state index in [0.717, 1.165) is 56.5 Å². The highest BCUT2D eigenvalue weighted by Crippen LogP contribution is 2.32. The van der Waals surface area contributed by atoms with Crippen molar-refractivity contribution in [2.45, 2.75) is 57.1 Å². The molecule has 0 aliphatic carbocycles. The molecule has 4 rings (SSSR count). The van der Waals surface area contributed by atoms with Gasteiger partial charge in [-0.05, 0) is 42.5 Å². The lowest BCUT2D eigenvalue weighted by Gasteiger charge is -2.39. The Morgan fingerprint density at radius 1 is 1.19 bits per heavy atom. The summed E-state index contributed by atoms with van der Waals surface area (Å²) in [7, 11) is 0. The van der Waals surface area contributed by atoms with Crippen LogP contribution in [-0.2, 0) is 4.79 Å². The first kappa shape index (κ1) is 21.8. The number of allylic oxidation sites excluding steroid dienone is 1. The molecule has 2 heterocycles. The molecular weight excluding hydrogens is 388 g/mol. The number of rotatable bonds is 8. The first-order chi connectivity index (χ1) is 15.1. The highest BCUT2D eigenvalue weighted by molar-refractivity contribution is 5.93. The number of aliphatic hydroxyl groups is 1. The predicted molar refractivity (Wildman–Crippen MR) is 125 cm³/mol. The number of carbonyl (C=O) groups is 1. The number of nitrogens with one attached hydrogen (secondary N) is 1. The standard InChI is InChI=1S/C26H34N2O3/c1-2-3-4-9-23-22-8-6-5-7-20(22)10-11-24(23)31-19-21(29)18-28-16-14-26(15-17-28)13-12-25(30)27-26/h4-11,21,29H,2-3,12-19H2,1H3,(H,27,30)/b9-4+. The van der Waals surface area contributed by atoms with E-state index in [-0.39, 0.29) is 18.1 Å². The van der Waals surface area contributed by atoms with E-state index < -0.39 is 6.10 Å². The number of ether oxygens (including phenoxy) is 1. The van der Waals surface area contributed by atoms with E-state index >= 15 is 0 Å². The smallest absolute Gasteiger partial charge is 0.220 e. The molecule has 5 nitrogen and oxygen atoms in total. The lowest BCUT2D eigenvalue weighted by Crippen LogP contribution is -2.52. The zero-order valence-electron chi connectivity index (χ0n) is 18.5. The van der Waals surface area contributed by atoms with Gasteiger partial charge in [-0.15, -0.1) is 0 Å². The molecular formula is C26H34N2O3. The number of hydrogen-bond donors (Lipinski definition) is 2. The summed E-state index contributed by atoms with van der Waals surface area (Å²) in [5.41, 5.74) is 1.08. The lowest BCUT2D eigenvalue weighted by atomic mass is 9.86. The molecule has 2 N–H and O–H groups in total. The molecule has 2 aromatic rings. The first-order valence-corrected chi connectivity index (χ1v) is 11.6. The molecule has 1 unspecified atom stereocenters. The predicted octanol–water partition coefficient (Wildman–Crippen LogP) is 4.14. The Kier molecular flexibility index (Phi) is 6.93. The third-order valence-electron chi connectivity index (χ3n) is 6.62. The zero-order chi connectivity index (χ0) is 21.7. The van der Waals surface area contributed by atoms with Crippen LogP contribution < -0.4 is 10.1 Å². The average molecular weight is 423 g/mol. The van der Waals surface area contributed by atoms with Crippen LogP contribution in [0, 0.1) is 0 Å². The molecule has 166 valence electrons. The van der Waals surface area contributed by atoms with E-state index in [4.69, 9.17) is 4.74 Å². The molecule has 0 bridgehead atoms. The molecule has 1 amide bonds. The minimum Gasteiger partial charge on any atom is -0.490 e. The van der Waals surface area contributed by atoms with Gasteiger partial charge in [0.15, 0.2) is 0 Å². The van der Waals surface area contributed by atoms with Crippen molar-refractivity contribution >= 4 is 22.8 Å². The van der Waals surface area contributed by atoms with Gasteiger partial charge in [-0.25, -0.2) is 0 Å². The van der Waals surface area contributed by atoms with Gasteiger partial charge in [0.05, 0.1) is 0 Å². The summed E-state index contributed by atoms with van der Waals surface area (Å²) in [4.78, 5) is 13.9. The monoisotopic (exact) mass is 422 g/mol. The van der Waals surface area contributed by atoms with Crippen molar-refractivity contribution in [1.29, 1.82) is 0 Å². The third-order valence-corrected chi connectivity index (χ3v) is 6.62. The SMILES string of the molecule is CCC/C=C/c1c(OCC(O)CN2CCC3(CCC(=O)N3)CC2)ccc2ccccc12. The second-order valence-corrected chi connectivity index (χ2v) is 8.98. The Hall–Kier alpha value is -2.37. The summed E-state index contributed by atoms with van der Waals surface area (Å²) in [5.74, 6) is 0.998. The second-order valence-electron chi connectivity index (χ2n) is 8.98. The summed E-state index contributed by atoms with van der Waals surface area (Å²) in [6.45, 7) is 4.84. The number of aliphatic hydroxyl groups excluding tert-OH is 1. The normalized spacial score (nSPS) is 19.9. The zero-order valence-corrected chi connectivity index (χ0v) is 18.5. The molecule has 1 spiro atoms. The maximum absolute atomic E-state index is 11.6. The van der Waals surface area contributed by atoms with E-state index in [2.05, 4.69) is 47.5 Å². The minimum absolute atomic E-state index is 0.000143. The number of β-amino-alcohol motifs (C(OH)–C–C–N with tert-alkyl or cyclic N) is 1. The number of benzene rings is 2. The Morgan fingerprint density at radius 3 is 2.74 bits per heavy atom. The number of unbranched alkanes of at least 4 members (excludes halogenated alkanes) is 1. The summed E-state index contributed by atoms with van der Waals surface area (Å²) < 4.78 is 6.10. The van der Waals surface area contributed by atoms with Crippen molar-refractivity contribution in [2.24, 2.45) is 0 Å². The highest BCUT2D eigenvalue weighted by atomic mass is 16.5. The molecule has 1 atom stereocenters. The number of hydrogen-bond acceptors (Lipinski definition) is 4. The number of carbonyl (C=O) groups excluding carboxylic acids is 1. The van der Waals surface area contributed by atoms with Gasteiger partial charge in [0, 0.05) is 37.2 Å².